The Bertz CT molecular complexity index is 662. The number of ether oxygens (including phenoxy) is 2. The van der Waals surface area contributed by atoms with Crippen molar-refractivity contribution in [2.45, 2.75) is 39.0 Å². The highest BCUT2D eigenvalue weighted by atomic mass is 16.5. The number of nitrogens with zero attached hydrogens (tertiary/aromatic N) is 1. The van der Waals surface area contributed by atoms with E-state index in [0.29, 0.717) is 25.2 Å². The van der Waals surface area contributed by atoms with E-state index in [1.165, 1.54) is 0 Å². The van der Waals surface area contributed by atoms with Crippen LogP contribution < -0.4 is 10.6 Å². The number of carbonyl (C=O) groups excluding carboxylic acids is 1. The summed E-state index contributed by atoms with van der Waals surface area (Å²) in [5, 5.41) is 6.54. The van der Waals surface area contributed by atoms with Crippen molar-refractivity contribution >= 4 is 6.03 Å². The van der Waals surface area contributed by atoms with Crippen molar-refractivity contribution in [3.63, 3.8) is 0 Å². The number of carbonyl (C=O) groups is 1. The van der Waals surface area contributed by atoms with Gasteiger partial charge in [-0.05, 0) is 29.9 Å². The summed E-state index contributed by atoms with van der Waals surface area (Å²) in [7, 11) is 0. The van der Waals surface area contributed by atoms with E-state index in [9.17, 15) is 4.79 Å². The van der Waals surface area contributed by atoms with Gasteiger partial charge in [-0.25, -0.2) is 4.79 Å². The summed E-state index contributed by atoms with van der Waals surface area (Å²) in [6.45, 7) is 8.78. The fourth-order valence-corrected chi connectivity index (χ4v) is 4.49. The van der Waals surface area contributed by atoms with Crippen LogP contribution in [-0.4, -0.2) is 56.4 Å². The summed E-state index contributed by atoms with van der Waals surface area (Å²) >= 11 is 0. The third-order valence-electron chi connectivity index (χ3n) is 6.27. The molecule has 3 aliphatic heterocycles. The van der Waals surface area contributed by atoms with Crippen LogP contribution in [0.1, 0.15) is 30.9 Å². The first-order chi connectivity index (χ1) is 13.1. The van der Waals surface area contributed by atoms with Gasteiger partial charge in [0.15, 0.2) is 0 Å². The second kappa shape index (κ2) is 8.17. The van der Waals surface area contributed by atoms with Gasteiger partial charge >= 0.3 is 6.03 Å². The van der Waals surface area contributed by atoms with Crippen molar-refractivity contribution in [2.75, 3.05) is 39.4 Å². The van der Waals surface area contributed by atoms with Gasteiger partial charge in [-0.1, -0.05) is 31.2 Å². The largest absolute Gasteiger partial charge is 0.381 e. The van der Waals surface area contributed by atoms with E-state index in [2.05, 4.69) is 35.8 Å². The summed E-state index contributed by atoms with van der Waals surface area (Å²) in [6.07, 6.45) is 2.25. The number of fused-ring (bicyclic) bond motifs is 1. The van der Waals surface area contributed by atoms with Crippen molar-refractivity contribution in [1.82, 2.24) is 15.5 Å². The first-order valence-electron chi connectivity index (χ1n) is 10.1. The van der Waals surface area contributed by atoms with E-state index >= 15 is 0 Å². The van der Waals surface area contributed by atoms with Crippen molar-refractivity contribution in [3.05, 3.63) is 35.4 Å². The molecule has 0 aromatic heterocycles. The zero-order chi connectivity index (χ0) is 18.7. The molecule has 148 valence electrons. The van der Waals surface area contributed by atoms with Crippen LogP contribution >= 0.6 is 0 Å². The summed E-state index contributed by atoms with van der Waals surface area (Å²) in [4.78, 5) is 14.5. The van der Waals surface area contributed by atoms with Gasteiger partial charge in [-0.15, -0.1) is 0 Å². The molecule has 0 bridgehead atoms. The van der Waals surface area contributed by atoms with Crippen LogP contribution in [0.4, 0.5) is 4.79 Å². The van der Waals surface area contributed by atoms with Gasteiger partial charge in [0.2, 0.25) is 0 Å². The molecule has 2 atom stereocenters. The minimum atomic E-state index is 0.0504. The molecule has 27 heavy (non-hydrogen) atoms. The Labute approximate surface area is 161 Å². The average molecular weight is 373 g/mol. The normalized spacial score (nSPS) is 28.3. The van der Waals surface area contributed by atoms with Crippen molar-refractivity contribution in [2.24, 2.45) is 11.3 Å². The summed E-state index contributed by atoms with van der Waals surface area (Å²) < 4.78 is 11.4. The van der Waals surface area contributed by atoms with Crippen LogP contribution in [0, 0.1) is 11.3 Å². The monoisotopic (exact) mass is 373 g/mol. The predicted molar refractivity (Wildman–Crippen MR) is 103 cm³/mol. The van der Waals surface area contributed by atoms with Gasteiger partial charge in [0, 0.05) is 51.4 Å². The molecule has 3 saturated heterocycles. The molecule has 1 aromatic rings. The van der Waals surface area contributed by atoms with Crippen LogP contribution in [0.3, 0.4) is 0 Å². The van der Waals surface area contributed by atoms with Crippen LogP contribution in [-0.2, 0) is 22.6 Å². The van der Waals surface area contributed by atoms with Crippen molar-refractivity contribution in [1.29, 1.82) is 0 Å². The number of amides is 2. The summed E-state index contributed by atoms with van der Waals surface area (Å²) in [6, 6.07) is 8.36. The SMILES string of the molecule is C[C@]12CNC[C@H]1CN(C(=O)NCc1cccc(COC3CCOCC3)c1)C2. The van der Waals surface area contributed by atoms with E-state index in [-0.39, 0.29) is 11.4 Å². The zero-order valence-electron chi connectivity index (χ0n) is 16.2. The molecule has 0 radical (unpaired) electrons. The Balaban J connectivity index is 1.25. The van der Waals surface area contributed by atoms with E-state index < -0.39 is 0 Å². The van der Waals surface area contributed by atoms with E-state index in [0.717, 1.165) is 63.4 Å². The lowest BCUT2D eigenvalue weighted by atomic mass is 9.83. The van der Waals surface area contributed by atoms with Crippen LogP contribution in [0.5, 0.6) is 0 Å². The quantitative estimate of drug-likeness (QED) is 0.830. The lowest BCUT2D eigenvalue weighted by Crippen LogP contribution is -2.40. The fraction of sp³-hybridized carbons (Fsp3) is 0.667. The van der Waals surface area contributed by atoms with Crippen LogP contribution in [0.25, 0.3) is 0 Å². The lowest BCUT2D eigenvalue weighted by molar-refractivity contribution is -0.0390. The Morgan fingerprint density at radius 1 is 1.37 bits per heavy atom. The number of urea groups is 1. The van der Waals surface area contributed by atoms with Gasteiger partial charge in [0.25, 0.3) is 0 Å². The third-order valence-corrected chi connectivity index (χ3v) is 6.27. The van der Waals surface area contributed by atoms with Gasteiger partial charge < -0.3 is 25.0 Å². The molecule has 0 saturated carbocycles. The Morgan fingerprint density at radius 3 is 3.00 bits per heavy atom. The number of hydrogen-bond acceptors (Lipinski definition) is 4. The Kier molecular flexibility index (Phi) is 5.66. The molecule has 0 spiro atoms. The minimum absolute atomic E-state index is 0.0504. The number of likely N-dealkylation sites (tertiary alicyclic amines) is 1. The zero-order valence-corrected chi connectivity index (χ0v) is 16.2. The second-order valence-electron chi connectivity index (χ2n) is 8.46. The molecule has 3 fully saturated rings. The first kappa shape index (κ1) is 18.7. The molecule has 0 aliphatic carbocycles. The first-order valence-corrected chi connectivity index (χ1v) is 10.1. The Hall–Kier alpha value is -1.63. The second-order valence-corrected chi connectivity index (χ2v) is 8.46. The molecule has 1 aromatic carbocycles. The highest BCUT2D eigenvalue weighted by Crippen LogP contribution is 2.38. The van der Waals surface area contributed by atoms with Crippen LogP contribution in [0.2, 0.25) is 0 Å². The highest BCUT2D eigenvalue weighted by Gasteiger charge is 2.47. The van der Waals surface area contributed by atoms with E-state index in [4.69, 9.17) is 9.47 Å². The molecule has 0 unspecified atom stereocenters. The minimum Gasteiger partial charge on any atom is -0.381 e. The maximum absolute atomic E-state index is 12.6. The fourth-order valence-electron chi connectivity index (χ4n) is 4.49. The topological polar surface area (TPSA) is 62.8 Å². The summed E-state index contributed by atoms with van der Waals surface area (Å²) in [5.74, 6) is 0.578. The molecule has 3 aliphatic rings. The summed E-state index contributed by atoms with van der Waals surface area (Å²) in [5.41, 5.74) is 2.50. The maximum Gasteiger partial charge on any atom is 0.317 e. The highest BCUT2D eigenvalue weighted by molar-refractivity contribution is 5.74. The lowest BCUT2D eigenvalue weighted by Gasteiger charge is -2.23. The van der Waals surface area contributed by atoms with E-state index in [1.54, 1.807) is 0 Å². The predicted octanol–water partition coefficient (Wildman–Crippen LogP) is 2.13. The molecule has 6 nitrogen and oxygen atoms in total. The average Bonchev–Trinajstić information content (AvgIpc) is 3.20. The smallest absolute Gasteiger partial charge is 0.317 e. The van der Waals surface area contributed by atoms with Crippen molar-refractivity contribution < 1.29 is 14.3 Å². The number of hydrogen-bond donors (Lipinski definition) is 2. The molecule has 2 N–H and O–H groups in total. The van der Waals surface area contributed by atoms with E-state index in [1.807, 2.05) is 11.0 Å². The van der Waals surface area contributed by atoms with Gasteiger partial charge in [-0.2, -0.15) is 0 Å². The number of benzene rings is 1. The Morgan fingerprint density at radius 2 is 2.19 bits per heavy atom. The molecular weight excluding hydrogens is 342 g/mol. The van der Waals surface area contributed by atoms with Gasteiger partial charge in [0.05, 0.1) is 12.7 Å². The molecule has 4 rings (SSSR count). The molecular formula is C21H31N3O3. The third kappa shape index (κ3) is 4.45. The standard InChI is InChI=1S/C21H31N3O3/c1-21-14-22-11-18(21)12-24(15-21)20(25)23-10-16-3-2-4-17(9-16)13-27-19-5-7-26-8-6-19/h2-4,9,18-19,22H,5-8,10-15H2,1H3,(H,23,25)/t18-,21+/m0/s1. The van der Waals surface area contributed by atoms with Gasteiger partial charge in [0.1, 0.15) is 0 Å². The molecule has 6 heteroatoms. The molecule has 3 heterocycles. The van der Waals surface area contributed by atoms with Crippen molar-refractivity contribution in [3.8, 4) is 0 Å². The number of nitrogens with one attached hydrogen (secondary N) is 2. The maximum atomic E-state index is 12.6. The van der Waals surface area contributed by atoms with Gasteiger partial charge in [-0.3, -0.25) is 0 Å². The molecule has 2 amide bonds. The van der Waals surface area contributed by atoms with Crippen LogP contribution in [0.15, 0.2) is 24.3 Å². The number of rotatable bonds is 5.